The summed E-state index contributed by atoms with van der Waals surface area (Å²) in [5.74, 6) is 0.139. The molecule has 12 heteroatoms. The van der Waals surface area contributed by atoms with E-state index in [1.165, 1.54) is 12.1 Å². The Kier molecular flexibility index (Phi) is 5.48. The number of amides is 1. The van der Waals surface area contributed by atoms with Crippen LogP contribution in [0.1, 0.15) is 10.4 Å². The number of benzene rings is 1. The number of anilines is 1. The van der Waals surface area contributed by atoms with Gasteiger partial charge in [0.25, 0.3) is 5.91 Å². The van der Waals surface area contributed by atoms with E-state index in [1.807, 2.05) is 4.90 Å². The normalized spacial score (nSPS) is 15.4. The molecular formula is C14H14BrCl2N5O3S. The van der Waals surface area contributed by atoms with E-state index in [0.29, 0.717) is 36.9 Å². The summed E-state index contributed by atoms with van der Waals surface area (Å²) in [6, 6.07) is 2.67. The van der Waals surface area contributed by atoms with E-state index >= 15 is 0 Å². The van der Waals surface area contributed by atoms with Crippen molar-refractivity contribution in [1.82, 2.24) is 20.1 Å². The van der Waals surface area contributed by atoms with Gasteiger partial charge in [0.05, 0.1) is 20.5 Å². The van der Waals surface area contributed by atoms with Gasteiger partial charge in [0, 0.05) is 32.4 Å². The third-order valence-electron chi connectivity index (χ3n) is 3.97. The van der Waals surface area contributed by atoms with Crippen LogP contribution in [0.5, 0.6) is 0 Å². The van der Waals surface area contributed by atoms with Gasteiger partial charge in [-0.2, -0.15) is 4.98 Å². The third kappa shape index (κ3) is 3.83. The highest BCUT2D eigenvalue weighted by atomic mass is 79.9. The maximum Gasteiger partial charge on any atom is 0.257 e. The summed E-state index contributed by atoms with van der Waals surface area (Å²) in [6.45, 7) is 1.86. The van der Waals surface area contributed by atoms with Gasteiger partial charge in [-0.15, -0.1) is 5.10 Å². The molecule has 0 unspecified atom stereocenters. The largest absolute Gasteiger partial charge is 0.336 e. The molecule has 0 spiro atoms. The number of rotatable bonds is 3. The number of hydrogen-bond acceptors (Lipinski definition) is 6. The number of H-pyrrole nitrogens is 1. The Morgan fingerprint density at radius 1 is 1.23 bits per heavy atom. The fourth-order valence-electron chi connectivity index (χ4n) is 2.66. The first-order valence-electron chi connectivity index (χ1n) is 7.48. The number of sulfone groups is 1. The number of nitrogens with zero attached hydrogens (tertiary/aromatic N) is 4. The van der Waals surface area contributed by atoms with Crippen molar-refractivity contribution in [3.8, 4) is 0 Å². The Morgan fingerprint density at radius 2 is 1.88 bits per heavy atom. The molecule has 1 amide bonds. The van der Waals surface area contributed by atoms with Crippen molar-refractivity contribution in [2.45, 2.75) is 4.90 Å². The highest BCUT2D eigenvalue weighted by molar-refractivity contribution is 9.10. The van der Waals surface area contributed by atoms with Gasteiger partial charge in [-0.1, -0.05) is 23.2 Å². The van der Waals surface area contributed by atoms with Gasteiger partial charge < -0.3 is 9.80 Å². The number of carbonyl (C=O) groups is 1. The van der Waals surface area contributed by atoms with Gasteiger partial charge in [0.1, 0.15) is 0 Å². The third-order valence-corrected chi connectivity index (χ3v) is 6.28. The molecule has 0 bridgehead atoms. The number of piperazine rings is 1. The summed E-state index contributed by atoms with van der Waals surface area (Å²) in [6.07, 6.45) is 1.03. The van der Waals surface area contributed by atoms with Crippen molar-refractivity contribution in [1.29, 1.82) is 0 Å². The van der Waals surface area contributed by atoms with E-state index in [9.17, 15) is 13.2 Å². The molecule has 0 aliphatic carbocycles. The van der Waals surface area contributed by atoms with Crippen molar-refractivity contribution < 1.29 is 13.2 Å². The Morgan fingerprint density at radius 3 is 2.42 bits per heavy atom. The lowest BCUT2D eigenvalue weighted by Crippen LogP contribution is -2.49. The molecule has 1 N–H and O–H groups in total. The summed E-state index contributed by atoms with van der Waals surface area (Å²) >= 11 is 15.5. The molecular weight excluding hydrogens is 469 g/mol. The number of hydrogen-bond donors (Lipinski definition) is 1. The molecule has 1 aliphatic heterocycles. The van der Waals surface area contributed by atoms with E-state index in [-0.39, 0.29) is 20.5 Å². The molecule has 0 saturated carbocycles. The van der Waals surface area contributed by atoms with Crippen molar-refractivity contribution in [3.63, 3.8) is 0 Å². The summed E-state index contributed by atoms with van der Waals surface area (Å²) in [4.78, 5) is 20.5. The number of aromatic nitrogens is 3. The van der Waals surface area contributed by atoms with Gasteiger partial charge in [-0.25, -0.2) is 8.42 Å². The van der Waals surface area contributed by atoms with Crippen molar-refractivity contribution in [2.75, 3.05) is 37.3 Å². The molecule has 140 valence electrons. The summed E-state index contributed by atoms with van der Waals surface area (Å²) in [5, 5.41) is 6.74. The zero-order valence-corrected chi connectivity index (χ0v) is 17.5. The Labute approximate surface area is 168 Å². The van der Waals surface area contributed by atoms with Crippen molar-refractivity contribution in [3.05, 3.63) is 32.5 Å². The summed E-state index contributed by atoms with van der Waals surface area (Å²) < 4.78 is 24.2. The smallest absolute Gasteiger partial charge is 0.257 e. The average Bonchev–Trinajstić information content (AvgIpc) is 3.00. The van der Waals surface area contributed by atoms with Crippen LogP contribution in [-0.2, 0) is 9.84 Å². The van der Waals surface area contributed by atoms with Gasteiger partial charge >= 0.3 is 0 Å². The van der Waals surface area contributed by atoms with E-state index < -0.39 is 15.7 Å². The van der Waals surface area contributed by atoms with Crippen LogP contribution in [0.3, 0.4) is 0 Å². The number of carbonyl (C=O) groups excluding carboxylic acids is 1. The highest BCUT2D eigenvalue weighted by Crippen LogP contribution is 2.32. The fourth-order valence-corrected chi connectivity index (χ4v) is 4.60. The lowest BCUT2D eigenvalue weighted by Gasteiger charge is -2.34. The number of nitrogens with one attached hydrogen (secondary N) is 1. The van der Waals surface area contributed by atoms with Gasteiger partial charge in [0.2, 0.25) is 5.95 Å². The second-order valence-electron chi connectivity index (χ2n) is 5.71. The molecule has 2 aromatic rings. The number of aromatic amines is 1. The van der Waals surface area contributed by atoms with Crippen LogP contribution < -0.4 is 4.90 Å². The second kappa shape index (κ2) is 7.34. The molecule has 1 aromatic carbocycles. The van der Waals surface area contributed by atoms with E-state index in [2.05, 4.69) is 31.1 Å². The molecule has 8 nitrogen and oxygen atoms in total. The van der Waals surface area contributed by atoms with E-state index in [0.717, 1.165) is 6.26 Å². The average molecular weight is 483 g/mol. The Hall–Kier alpha value is -1.36. The highest BCUT2D eigenvalue weighted by Gasteiger charge is 2.29. The summed E-state index contributed by atoms with van der Waals surface area (Å²) in [5.41, 5.74) is 0.00495. The van der Waals surface area contributed by atoms with Crippen molar-refractivity contribution >= 4 is 60.8 Å². The minimum absolute atomic E-state index is 0.00495. The van der Waals surface area contributed by atoms with Crippen LogP contribution in [0.25, 0.3) is 0 Å². The van der Waals surface area contributed by atoms with Crippen LogP contribution >= 0.6 is 39.1 Å². The predicted molar refractivity (Wildman–Crippen MR) is 102 cm³/mol. The zero-order valence-electron chi connectivity index (χ0n) is 13.5. The molecule has 3 rings (SSSR count). The zero-order chi connectivity index (χ0) is 19.1. The SMILES string of the molecule is CS(=O)(=O)c1ccc(Cl)c(C(=O)N2CCN(c3n[nH]c(Br)n3)CC2)c1Cl. The topological polar surface area (TPSA) is 99.3 Å². The van der Waals surface area contributed by atoms with Crippen molar-refractivity contribution in [2.24, 2.45) is 0 Å². The number of halogens is 3. The minimum Gasteiger partial charge on any atom is -0.336 e. The first-order chi connectivity index (χ1) is 12.2. The Bertz CT molecular complexity index is 957. The van der Waals surface area contributed by atoms with Gasteiger partial charge in [0.15, 0.2) is 14.6 Å². The molecule has 0 atom stereocenters. The monoisotopic (exact) mass is 481 g/mol. The van der Waals surface area contributed by atoms with Crippen LogP contribution in [0.2, 0.25) is 10.0 Å². The maximum absolute atomic E-state index is 12.9. The van der Waals surface area contributed by atoms with Crippen LogP contribution in [0, 0.1) is 0 Å². The molecule has 0 radical (unpaired) electrons. The minimum atomic E-state index is -3.57. The lowest BCUT2D eigenvalue weighted by atomic mass is 10.1. The lowest BCUT2D eigenvalue weighted by molar-refractivity contribution is 0.0746. The van der Waals surface area contributed by atoms with E-state index in [1.54, 1.807) is 4.90 Å². The van der Waals surface area contributed by atoms with Gasteiger partial charge in [-0.3, -0.25) is 9.89 Å². The fraction of sp³-hybridized carbons (Fsp3) is 0.357. The van der Waals surface area contributed by atoms with Crippen LogP contribution in [0.4, 0.5) is 5.95 Å². The first kappa shape index (κ1) is 19.4. The quantitative estimate of drug-likeness (QED) is 0.720. The molecule has 1 aromatic heterocycles. The molecule has 1 saturated heterocycles. The second-order valence-corrected chi connectivity index (χ2v) is 9.23. The molecule has 26 heavy (non-hydrogen) atoms. The van der Waals surface area contributed by atoms with Gasteiger partial charge in [-0.05, 0) is 28.1 Å². The predicted octanol–water partition coefficient (Wildman–Crippen LogP) is 2.24. The molecule has 1 fully saturated rings. The summed E-state index contributed by atoms with van der Waals surface area (Å²) in [7, 11) is -3.57. The standard InChI is InChI=1S/C14H14BrCl2N5O3S/c1-26(24,25)9-3-2-8(16)10(11(9)17)12(23)21-4-6-22(7-5-21)14-18-13(15)19-20-14/h2-3H,4-7H2,1H3,(H,18,19,20). The molecule has 2 heterocycles. The Balaban J connectivity index is 1.81. The van der Waals surface area contributed by atoms with Crippen LogP contribution in [-0.4, -0.2) is 66.8 Å². The van der Waals surface area contributed by atoms with E-state index in [4.69, 9.17) is 23.2 Å². The maximum atomic E-state index is 12.9. The molecule has 1 aliphatic rings. The van der Waals surface area contributed by atoms with Crippen LogP contribution in [0.15, 0.2) is 21.8 Å². The first-order valence-corrected chi connectivity index (χ1v) is 10.9.